The maximum atomic E-state index is 2.40. The number of hydrogen-bond donors (Lipinski definition) is 0. The van der Waals surface area contributed by atoms with Crippen molar-refractivity contribution in [2.45, 2.75) is 112 Å². The molecule has 0 aromatic heterocycles. The third kappa shape index (κ3) is 28.6. The summed E-state index contributed by atoms with van der Waals surface area (Å²) in [5.41, 5.74) is 0. The number of rotatable bonds is 14. The molecule has 8 aromatic rings. The van der Waals surface area contributed by atoms with E-state index in [1.807, 2.05) is 0 Å². The molecule has 0 aliphatic rings. The predicted octanol–water partition coefficient (Wildman–Crippen LogP) is 12.8. The third-order valence-corrected chi connectivity index (χ3v) is 38.6. The average molecular weight is 1310 g/mol. The molecule has 8 rings (SSSR count). The van der Waals surface area contributed by atoms with E-state index in [0.717, 1.165) is 28.5 Å². The Balaban J connectivity index is 0.000000229. The zero-order valence-corrected chi connectivity index (χ0v) is 58.1. The van der Waals surface area contributed by atoms with Crippen LogP contribution in [0.2, 0.25) is 28.5 Å². The van der Waals surface area contributed by atoms with E-state index in [1.165, 1.54) is 35.2 Å². The van der Waals surface area contributed by atoms with Crippen molar-refractivity contribution < 1.29 is 0 Å². The molecule has 0 N–H and O–H groups in total. The quantitative estimate of drug-likeness (QED) is 0.0952. The zero-order valence-electron chi connectivity index (χ0n) is 45.6. The van der Waals surface area contributed by atoms with E-state index >= 15 is 0 Å². The van der Waals surface area contributed by atoms with Crippen LogP contribution in [0, 0.1) is 0 Å². The van der Waals surface area contributed by atoms with Gasteiger partial charge in [0.1, 0.15) is 0 Å². The summed E-state index contributed by atoms with van der Waals surface area (Å²) in [5.74, 6) is 0. The van der Waals surface area contributed by atoms with Gasteiger partial charge in [-0.15, -0.1) is 0 Å². The van der Waals surface area contributed by atoms with Crippen LogP contribution >= 0.6 is 0 Å². The number of hydrogen-bond acceptors (Lipinski definition) is 0. The second kappa shape index (κ2) is 38.6. The summed E-state index contributed by atoms with van der Waals surface area (Å²) in [6, 6.07) is 85.8. The molecule has 0 nitrogen and oxygen atoms in total. The van der Waals surface area contributed by atoms with Crippen molar-refractivity contribution in [2.24, 2.45) is 0 Å². The van der Waals surface area contributed by atoms with Crippen LogP contribution in [-0.4, -0.2) is 90.4 Å². The molecule has 0 unspecified atom stereocenters. The molecule has 0 bridgehead atoms. The molecule has 370 valence electrons. The van der Waals surface area contributed by atoms with Gasteiger partial charge in [0.2, 0.25) is 0 Å². The Morgan fingerprint density at radius 2 is 0.278 bits per heavy atom. The fourth-order valence-corrected chi connectivity index (χ4v) is 34.4. The van der Waals surface area contributed by atoms with E-state index < -0.39 is 28.7 Å². The first-order valence-corrected chi connectivity index (χ1v) is 41.6. The van der Waals surface area contributed by atoms with Gasteiger partial charge in [0.25, 0.3) is 0 Å². The predicted molar refractivity (Wildman–Crippen MR) is 334 cm³/mol. The van der Waals surface area contributed by atoms with Crippen molar-refractivity contribution in [1.29, 1.82) is 0 Å². The van der Waals surface area contributed by atoms with Crippen LogP contribution < -0.4 is 35.2 Å². The summed E-state index contributed by atoms with van der Waals surface area (Å²) in [6.07, 6.45) is 0. The first-order valence-electron chi connectivity index (χ1n) is 25.9. The van der Waals surface area contributed by atoms with Crippen molar-refractivity contribution >= 4 is 126 Å². The van der Waals surface area contributed by atoms with Gasteiger partial charge < -0.3 is 0 Å². The van der Waals surface area contributed by atoms with Gasteiger partial charge in [0.05, 0.1) is 0 Å². The van der Waals surface area contributed by atoms with Crippen molar-refractivity contribution in [3.05, 3.63) is 243 Å². The fourth-order valence-electron chi connectivity index (χ4n) is 8.84. The Morgan fingerprint density at radius 3 is 0.347 bits per heavy atom. The van der Waals surface area contributed by atoms with Crippen LogP contribution in [0.4, 0.5) is 0 Å². The van der Waals surface area contributed by atoms with E-state index in [2.05, 4.69) is 326 Å². The minimum atomic E-state index is -0.722. The second-order valence-electron chi connectivity index (χ2n) is 19.4. The van der Waals surface area contributed by atoms with Crippen molar-refractivity contribution in [2.75, 3.05) is 0 Å². The first kappa shape index (κ1) is 63.3. The Hall–Kier alpha value is -2.98. The molecular formula is C66H82Ge6. The van der Waals surface area contributed by atoms with E-state index in [0.29, 0.717) is 0 Å². The van der Waals surface area contributed by atoms with Crippen LogP contribution in [-0.2, 0) is 0 Å². The molecule has 0 fully saturated rings. The van der Waals surface area contributed by atoms with Crippen LogP contribution in [0.15, 0.2) is 243 Å². The van der Waals surface area contributed by atoms with Gasteiger partial charge in [0, 0.05) is 0 Å². The van der Waals surface area contributed by atoms with Crippen molar-refractivity contribution in [3.8, 4) is 0 Å². The summed E-state index contributed by atoms with van der Waals surface area (Å²) in [6.45, 7) is 28.8. The van der Waals surface area contributed by atoms with Crippen molar-refractivity contribution in [3.63, 3.8) is 0 Å². The first-order chi connectivity index (χ1) is 34.7. The zero-order chi connectivity index (χ0) is 52.4. The molecule has 0 saturated carbocycles. The maximum absolute atomic E-state index is 2.40. The molecule has 0 spiro atoms. The molecular weight excluding hydrogens is 1230 g/mol. The molecule has 72 heavy (non-hydrogen) atoms. The van der Waals surface area contributed by atoms with Crippen molar-refractivity contribution in [1.82, 2.24) is 0 Å². The summed E-state index contributed by atoms with van der Waals surface area (Å²) >= 11 is -1.88. The van der Waals surface area contributed by atoms with E-state index in [1.54, 1.807) is 0 Å². The molecule has 0 atom stereocenters. The van der Waals surface area contributed by atoms with Gasteiger partial charge in [-0.1, -0.05) is 0 Å². The van der Waals surface area contributed by atoms with Gasteiger partial charge in [-0.3, -0.25) is 0 Å². The molecule has 10 radical (unpaired) electrons. The van der Waals surface area contributed by atoms with Gasteiger partial charge in [-0.25, -0.2) is 0 Å². The summed E-state index contributed by atoms with van der Waals surface area (Å²) in [5, 5.41) is 0. The Labute approximate surface area is 475 Å². The monoisotopic (exact) mass is 1320 g/mol. The van der Waals surface area contributed by atoms with Gasteiger partial charge in [-0.2, -0.15) is 0 Å². The minimum absolute atomic E-state index is 0.108. The van der Waals surface area contributed by atoms with Crippen LogP contribution in [0.5, 0.6) is 0 Å². The third-order valence-electron chi connectivity index (χ3n) is 11.3. The molecule has 0 saturated heterocycles. The molecule has 0 aliphatic carbocycles. The van der Waals surface area contributed by atoms with Crippen LogP contribution in [0.1, 0.15) is 83.1 Å². The van der Waals surface area contributed by atoms with Gasteiger partial charge in [-0.05, 0) is 0 Å². The summed E-state index contributed by atoms with van der Waals surface area (Å²) < 4.78 is 18.0. The van der Waals surface area contributed by atoms with E-state index in [9.17, 15) is 0 Å². The molecule has 0 amide bonds. The number of benzene rings is 8. The molecule has 8 aromatic carbocycles. The van der Waals surface area contributed by atoms with E-state index in [-0.39, 0.29) is 61.7 Å². The molecule has 0 aliphatic heterocycles. The standard InChI is InChI=1S/4C12H10Ge.2C9H21Ge/c4*1-3-7-11(8-4-1)13-12-9-5-2-6-10-12;2*1-7(2)10(8(3)4)9(5)6/h4*1-10H;2*7-9H,1-6H3. The van der Waals surface area contributed by atoms with Gasteiger partial charge in [0.15, 0.2) is 0 Å². The van der Waals surface area contributed by atoms with Crippen LogP contribution in [0.25, 0.3) is 0 Å². The summed E-state index contributed by atoms with van der Waals surface area (Å²) in [7, 11) is 0. The topological polar surface area (TPSA) is 0 Å². The average Bonchev–Trinajstić information content (AvgIpc) is 3.37. The van der Waals surface area contributed by atoms with E-state index in [4.69, 9.17) is 0 Å². The Morgan fingerprint density at radius 1 is 0.181 bits per heavy atom. The Kier molecular flexibility index (Phi) is 33.9. The molecule has 0 heterocycles. The normalized spacial score (nSPS) is 10.6. The fraction of sp³-hybridized carbons (Fsp3) is 0.273. The second-order valence-corrected chi connectivity index (χ2v) is 49.9. The molecule has 6 heteroatoms. The SMILES string of the molecule is C[CH](C)[Ge]([CH](C)C)[CH](C)C.C[CH](C)[Ge]([CH](C)C)[CH](C)C.c1cc[c]([Ge][c]2ccccc2)cc1.c1cc[c]([Ge][c]2ccccc2)cc1.c1cc[c]([Ge][c]2ccccc2)cc1.c1cc[c]([Ge][c]2ccccc2)cc1. The Bertz CT molecular complexity index is 1930. The van der Waals surface area contributed by atoms with Gasteiger partial charge >= 0.3 is 480 Å². The summed E-state index contributed by atoms with van der Waals surface area (Å²) in [4.78, 5) is 0. The van der Waals surface area contributed by atoms with Crippen LogP contribution in [0.3, 0.4) is 0 Å².